The van der Waals surface area contributed by atoms with Gasteiger partial charge in [0, 0.05) is 12.2 Å². The van der Waals surface area contributed by atoms with Crippen LogP contribution in [0.1, 0.15) is 49.4 Å². The van der Waals surface area contributed by atoms with E-state index in [1.54, 1.807) is 0 Å². The summed E-state index contributed by atoms with van der Waals surface area (Å²) in [7, 11) is 0. The van der Waals surface area contributed by atoms with Gasteiger partial charge >= 0.3 is 0 Å². The summed E-state index contributed by atoms with van der Waals surface area (Å²) in [6.45, 7) is 5.63. The molecular formula is C20H27N3O2. The number of hydrogen-bond acceptors (Lipinski definition) is 3. The zero-order valence-corrected chi connectivity index (χ0v) is 15.1. The smallest absolute Gasteiger partial charge is 0.258 e. The number of hydrogen-bond donors (Lipinski definition) is 1. The first-order valence-electron chi connectivity index (χ1n) is 9.16. The second-order valence-electron chi connectivity index (χ2n) is 6.91. The van der Waals surface area contributed by atoms with E-state index < -0.39 is 0 Å². The van der Waals surface area contributed by atoms with E-state index in [1.807, 2.05) is 35.1 Å². The quantitative estimate of drug-likeness (QED) is 0.842. The van der Waals surface area contributed by atoms with Gasteiger partial charge in [0.1, 0.15) is 5.75 Å². The van der Waals surface area contributed by atoms with Gasteiger partial charge in [-0.15, -0.1) is 0 Å². The molecule has 1 aliphatic rings. The average Bonchev–Trinajstić information content (AvgIpc) is 3.04. The number of benzene rings is 1. The molecule has 3 rings (SSSR count). The molecular weight excluding hydrogens is 314 g/mol. The minimum Gasteiger partial charge on any atom is -0.484 e. The van der Waals surface area contributed by atoms with Crippen molar-refractivity contribution in [2.24, 2.45) is 0 Å². The molecule has 1 aromatic carbocycles. The number of ether oxygens (including phenoxy) is 1. The van der Waals surface area contributed by atoms with E-state index in [0.29, 0.717) is 19.0 Å². The molecule has 0 bridgehead atoms. The zero-order chi connectivity index (χ0) is 17.6. The van der Waals surface area contributed by atoms with Gasteiger partial charge < -0.3 is 10.1 Å². The Labute approximate surface area is 149 Å². The van der Waals surface area contributed by atoms with Crippen molar-refractivity contribution in [1.29, 1.82) is 0 Å². The van der Waals surface area contributed by atoms with Crippen LogP contribution >= 0.6 is 0 Å². The number of amides is 1. The van der Waals surface area contributed by atoms with Crippen LogP contribution in [0.25, 0.3) is 0 Å². The maximum Gasteiger partial charge on any atom is 0.258 e. The second kappa shape index (κ2) is 8.19. The van der Waals surface area contributed by atoms with Gasteiger partial charge in [-0.3, -0.25) is 9.48 Å². The zero-order valence-electron chi connectivity index (χ0n) is 15.1. The van der Waals surface area contributed by atoms with Gasteiger partial charge in [-0.1, -0.05) is 26.0 Å². The van der Waals surface area contributed by atoms with Crippen molar-refractivity contribution in [2.75, 3.05) is 13.2 Å². The minimum absolute atomic E-state index is 0.0399. The van der Waals surface area contributed by atoms with Crippen molar-refractivity contribution >= 4 is 5.91 Å². The highest BCUT2D eigenvalue weighted by Crippen LogP contribution is 2.20. The van der Waals surface area contributed by atoms with Crippen molar-refractivity contribution in [3.8, 4) is 5.75 Å². The highest BCUT2D eigenvalue weighted by Gasteiger charge is 2.14. The Bertz CT molecular complexity index is 704. The lowest BCUT2D eigenvalue weighted by Gasteiger charge is -2.14. The standard InChI is InChI=1S/C20H27N3O2/c1-15(2)16-7-9-18(10-8-16)25-14-20(24)21-11-12-23-19-6-4-3-5-17(19)13-22-23/h7-10,13,15H,3-6,11-12,14H2,1-2H3,(H,21,24). The van der Waals surface area contributed by atoms with Crippen molar-refractivity contribution in [3.63, 3.8) is 0 Å². The lowest BCUT2D eigenvalue weighted by molar-refractivity contribution is -0.123. The summed E-state index contributed by atoms with van der Waals surface area (Å²) in [5.74, 6) is 1.11. The molecule has 0 aliphatic heterocycles. The number of nitrogens with one attached hydrogen (secondary N) is 1. The molecule has 0 radical (unpaired) electrons. The van der Waals surface area contributed by atoms with E-state index >= 15 is 0 Å². The number of aryl methyl sites for hydroxylation is 1. The predicted molar refractivity (Wildman–Crippen MR) is 97.9 cm³/mol. The minimum atomic E-state index is -0.103. The van der Waals surface area contributed by atoms with Gasteiger partial charge in [0.15, 0.2) is 6.61 Å². The van der Waals surface area contributed by atoms with Crippen molar-refractivity contribution < 1.29 is 9.53 Å². The molecule has 5 nitrogen and oxygen atoms in total. The summed E-state index contributed by atoms with van der Waals surface area (Å²) in [5.41, 5.74) is 3.96. The fraction of sp³-hybridized carbons (Fsp3) is 0.500. The topological polar surface area (TPSA) is 56.1 Å². The van der Waals surface area contributed by atoms with Crippen molar-refractivity contribution in [3.05, 3.63) is 47.3 Å². The molecule has 0 saturated heterocycles. The van der Waals surface area contributed by atoms with Crippen LogP contribution < -0.4 is 10.1 Å². The summed E-state index contributed by atoms with van der Waals surface area (Å²) >= 11 is 0. The number of nitrogens with zero attached hydrogens (tertiary/aromatic N) is 2. The number of carbonyl (C=O) groups excluding carboxylic acids is 1. The van der Waals surface area contributed by atoms with Crippen LogP contribution in [0.4, 0.5) is 0 Å². The molecule has 0 fully saturated rings. The molecule has 0 atom stereocenters. The maximum absolute atomic E-state index is 11.9. The Balaban J connectivity index is 1.40. The Kier molecular flexibility index (Phi) is 5.74. The van der Waals surface area contributed by atoms with Crippen LogP contribution in [0.5, 0.6) is 5.75 Å². The molecule has 1 N–H and O–H groups in total. The molecule has 0 spiro atoms. The summed E-state index contributed by atoms with van der Waals surface area (Å²) in [4.78, 5) is 11.9. The van der Waals surface area contributed by atoms with E-state index in [2.05, 4.69) is 24.3 Å². The number of rotatable bonds is 7. The normalized spacial score (nSPS) is 13.6. The van der Waals surface area contributed by atoms with Gasteiger partial charge in [0.2, 0.25) is 0 Å². The fourth-order valence-corrected chi connectivity index (χ4v) is 3.20. The van der Waals surface area contributed by atoms with Gasteiger partial charge in [0.25, 0.3) is 5.91 Å². The predicted octanol–water partition coefficient (Wildman–Crippen LogP) is 3.08. The molecule has 1 aromatic heterocycles. The van der Waals surface area contributed by atoms with Gasteiger partial charge in [-0.25, -0.2) is 0 Å². The lowest BCUT2D eigenvalue weighted by atomic mass is 9.98. The first-order chi connectivity index (χ1) is 12.1. The monoisotopic (exact) mass is 341 g/mol. The largest absolute Gasteiger partial charge is 0.484 e. The average molecular weight is 341 g/mol. The Morgan fingerprint density at radius 3 is 2.76 bits per heavy atom. The molecule has 0 saturated carbocycles. The Hall–Kier alpha value is -2.30. The fourth-order valence-electron chi connectivity index (χ4n) is 3.20. The molecule has 25 heavy (non-hydrogen) atoms. The first kappa shape index (κ1) is 17.5. The van der Waals surface area contributed by atoms with Crippen molar-refractivity contribution in [1.82, 2.24) is 15.1 Å². The third kappa shape index (κ3) is 4.62. The van der Waals surface area contributed by atoms with Gasteiger partial charge in [-0.2, -0.15) is 5.10 Å². The number of fused-ring (bicyclic) bond motifs is 1. The highest BCUT2D eigenvalue weighted by atomic mass is 16.5. The van der Waals surface area contributed by atoms with E-state index in [9.17, 15) is 4.79 Å². The summed E-state index contributed by atoms with van der Waals surface area (Å²) in [5, 5.41) is 7.35. The molecule has 134 valence electrons. The number of aromatic nitrogens is 2. The van der Waals surface area contributed by atoms with Crippen LogP contribution in [-0.4, -0.2) is 28.8 Å². The van der Waals surface area contributed by atoms with E-state index in [0.717, 1.165) is 18.6 Å². The van der Waals surface area contributed by atoms with Crippen LogP contribution in [0.15, 0.2) is 30.5 Å². The van der Waals surface area contributed by atoms with E-state index in [1.165, 1.54) is 29.7 Å². The van der Waals surface area contributed by atoms with Gasteiger partial charge in [0.05, 0.1) is 12.7 Å². The maximum atomic E-state index is 11.9. The van der Waals surface area contributed by atoms with Crippen LogP contribution in [0.2, 0.25) is 0 Å². The summed E-state index contributed by atoms with van der Waals surface area (Å²) < 4.78 is 7.57. The molecule has 1 aliphatic carbocycles. The molecule has 1 heterocycles. The molecule has 1 amide bonds. The van der Waals surface area contributed by atoms with E-state index in [-0.39, 0.29) is 12.5 Å². The SMILES string of the molecule is CC(C)c1ccc(OCC(=O)NCCn2ncc3c2CCCC3)cc1. The number of carbonyl (C=O) groups is 1. The van der Waals surface area contributed by atoms with Gasteiger partial charge in [-0.05, 0) is 54.9 Å². The van der Waals surface area contributed by atoms with Crippen LogP contribution in [-0.2, 0) is 24.2 Å². The third-order valence-corrected chi connectivity index (χ3v) is 4.71. The second-order valence-corrected chi connectivity index (χ2v) is 6.91. The first-order valence-corrected chi connectivity index (χ1v) is 9.16. The Morgan fingerprint density at radius 2 is 2.00 bits per heavy atom. The Morgan fingerprint density at radius 1 is 1.24 bits per heavy atom. The van der Waals surface area contributed by atoms with Crippen LogP contribution in [0.3, 0.4) is 0 Å². The molecule has 0 unspecified atom stereocenters. The molecule has 5 heteroatoms. The lowest BCUT2D eigenvalue weighted by Crippen LogP contribution is -2.32. The van der Waals surface area contributed by atoms with Crippen molar-refractivity contribution in [2.45, 2.75) is 52.0 Å². The van der Waals surface area contributed by atoms with E-state index in [4.69, 9.17) is 4.74 Å². The highest BCUT2D eigenvalue weighted by molar-refractivity contribution is 5.77. The molecule has 2 aromatic rings. The summed E-state index contributed by atoms with van der Waals surface area (Å²) in [6, 6.07) is 7.91. The third-order valence-electron chi connectivity index (χ3n) is 4.71. The summed E-state index contributed by atoms with van der Waals surface area (Å²) in [6.07, 6.45) is 6.68. The van der Waals surface area contributed by atoms with Crippen LogP contribution in [0, 0.1) is 0 Å².